The van der Waals surface area contributed by atoms with Crippen molar-refractivity contribution in [1.82, 2.24) is 15.0 Å². The van der Waals surface area contributed by atoms with Crippen LogP contribution in [0.2, 0.25) is 0 Å². The number of nitrogens with zero attached hydrogens (tertiary/aromatic N) is 3. The van der Waals surface area contributed by atoms with Gasteiger partial charge in [0.1, 0.15) is 5.69 Å². The summed E-state index contributed by atoms with van der Waals surface area (Å²) in [5.41, 5.74) is 3.07. The Labute approximate surface area is 82.6 Å². The Hall–Kier alpha value is -1.84. The maximum atomic E-state index is 4.03. The van der Waals surface area contributed by atoms with Crippen LogP contribution in [-0.2, 0) is 7.05 Å². The highest BCUT2D eigenvalue weighted by Crippen LogP contribution is 2.18. The predicted octanol–water partition coefficient (Wildman–Crippen LogP) is 1.52. The molecule has 2 rings (SSSR count). The first-order valence-electron chi connectivity index (χ1n) is 4.44. The second-order valence-electron chi connectivity index (χ2n) is 3.10. The van der Waals surface area contributed by atoms with Crippen LogP contribution in [0.1, 0.15) is 0 Å². The average molecular weight is 188 g/mol. The van der Waals surface area contributed by atoms with Gasteiger partial charge >= 0.3 is 0 Å². The van der Waals surface area contributed by atoms with Gasteiger partial charge in [0.05, 0.1) is 6.20 Å². The molecule has 14 heavy (non-hydrogen) atoms. The molecule has 0 spiro atoms. The normalized spacial score (nSPS) is 10.1. The lowest BCUT2D eigenvalue weighted by molar-refractivity contribution is 0.715. The van der Waals surface area contributed by atoms with E-state index in [2.05, 4.69) is 15.6 Å². The van der Waals surface area contributed by atoms with Crippen molar-refractivity contribution in [2.24, 2.45) is 7.05 Å². The van der Waals surface area contributed by atoms with Crippen molar-refractivity contribution in [1.29, 1.82) is 0 Å². The number of benzene rings is 1. The van der Waals surface area contributed by atoms with Gasteiger partial charge in [0.25, 0.3) is 0 Å². The molecule has 4 heteroatoms. The zero-order valence-electron chi connectivity index (χ0n) is 8.23. The van der Waals surface area contributed by atoms with Crippen LogP contribution < -0.4 is 5.32 Å². The van der Waals surface area contributed by atoms with Crippen molar-refractivity contribution in [3.8, 4) is 11.3 Å². The Bertz CT molecular complexity index is 416. The Balaban J connectivity index is 2.33. The number of anilines is 1. The van der Waals surface area contributed by atoms with E-state index in [4.69, 9.17) is 0 Å². The molecule has 0 unspecified atom stereocenters. The molecule has 1 N–H and O–H groups in total. The summed E-state index contributed by atoms with van der Waals surface area (Å²) in [5, 5.41) is 11.0. The number of nitrogens with one attached hydrogen (secondary N) is 1. The molecular weight excluding hydrogens is 176 g/mol. The van der Waals surface area contributed by atoms with Crippen molar-refractivity contribution in [3.05, 3.63) is 30.5 Å². The fraction of sp³-hybridized carbons (Fsp3) is 0.200. The van der Waals surface area contributed by atoms with E-state index in [9.17, 15) is 0 Å². The first-order valence-corrected chi connectivity index (χ1v) is 4.44. The fourth-order valence-electron chi connectivity index (χ4n) is 1.29. The van der Waals surface area contributed by atoms with Gasteiger partial charge in [0, 0.05) is 25.3 Å². The summed E-state index contributed by atoms with van der Waals surface area (Å²) >= 11 is 0. The van der Waals surface area contributed by atoms with Crippen LogP contribution >= 0.6 is 0 Å². The molecule has 0 aliphatic carbocycles. The Kier molecular flexibility index (Phi) is 2.18. The molecule has 0 saturated heterocycles. The second kappa shape index (κ2) is 3.49. The van der Waals surface area contributed by atoms with E-state index in [1.807, 2.05) is 44.6 Å². The van der Waals surface area contributed by atoms with Crippen LogP contribution in [0.15, 0.2) is 30.5 Å². The topological polar surface area (TPSA) is 42.7 Å². The molecule has 2 aromatic rings. The van der Waals surface area contributed by atoms with Crippen molar-refractivity contribution < 1.29 is 0 Å². The lowest BCUT2D eigenvalue weighted by atomic mass is 10.1. The fourth-order valence-corrected chi connectivity index (χ4v) is 1.29. The number of aryl methyl sites for hydroxylation is 1. The van der Waals surface area contributed by atoms with Crippen LogP contribution in [0.5, 0.6) is 0 Å². The van der Waals surface area contributed by atoms with Crippen molar-refractivity contribution in [2.45, 2.75) is 0 Å². The molecule has 1 heterocycles. The molecule has 0 bridgehead atoms. The van der Waals surface area contributed by atoms with Gasteiger partial charge in [0.15, 0.2) is 0 Å². The van der Waals surface area contributed by atoms with Crippen LogP contribution in [0.3, 0.4) is 0 Å². The van der Waals surface area contributed by atoms with E-state index in [-0.39, 0.29) is 0 Å². The van der Waals surface area contributed by atoms with E-state index in [0.717, 1.165) is 16.9 Å². The molecule has 1 aromatic heterocycles. The third-order valence-corrected chi connectivity index (χ3v) is 2.07. The predicted molar refractivity (Wildman–Crippen MR) is 56.0 cm³/mol. The highest BCUT2D eigenvalue weighted by atomic mass is 15.4. The lowest BCUT2D eigenvalue weighted by Crippen LogP contribution is -1.86. The van der Waals surface area contributed by atoms with Gasteiger partial charge in [-0.05, 0) is 12.1 Å². The highest BCUT2D eigenvalue weighted by molar-refractivity contribution is 5.61. The zero-order valence-corrected chi connectivity index (χ0v) is 8.23. The number of hydrogen-bond acceptors (Lipinski definition) is 3. The van der Waals surface area contributed by atoms with Gasteiger partial charge < -0.3 is 5.32 Å². The summed E-state index contributed by atoms with van der Waals surface area (Å²) in [6.07, 6.45) is 1.90. The number of rotatable bonds is 2. The minimum atomic E-state index is 0.898. The molecule has 0 fully saturated rings. The largest absolute Gasteiger partial charge is 0.388 e. The van der Waals surface area contributed by atoms with Gasteiger partial charge in [0.2, 0.25) is 0 Å². The molecule has 0 atom stereocenters. The molecule has 72 valence electrons. The summed E-state index contributed by atoms with van der Waals surface area (Å²) < 4.78 is 1.70. The van der Waals surface area contributed by atoms with Crippen LogP contribution in [0.25, 0.3) is 11.3 Å². The summed E-state index contributed by atoms with van der Waals surface area (Å²) in [6.45, 7) is 0. The van der Waals surface area contributed by atoms with Gasteiger partial charge in [-0.3, -0.25) is 4.68 Å². The maximum absolute atomic E-state index is 4.03. The molecular formula is C10H12N4. The van der Waals surface area contributed by atoms with Gasteiger partial charge in [-0.2, -0.15) is 0 Å². The maximum Gasteiger partial charge on any atom is 0.113 e. The minimum Gasteiger partial charge on any atom is -0.388 e. The summed E-state index contributed by atoms with van der Waals surface area (Å²) in [5.74, 6) is 0. The van der Waals surface area contributed by atoms with Gasteiger partial charge in [-0.1, -0.05) is 17.3 Å². The molecule has 0 radical (unpaired) electrons. The minimum absolute atomic E-state index is 0.898. The van der Waals surface area contributed by atoms with Crippen LogP contribution in [-0.4, -0.2) is 22.0 Å². The van der Waals surface area contributed by atoms with Gasteiger partial charge in [-0.25, -0.2) is 0 Å². The standard InChI is InChI=1S/C10H12N4/c1-11-9-5-3-8(4-6-9)10-7-14(2)13-12-10/h3-7,11H,1-2H3. The number of hydrogen-bond donors (Lipinski definition) is 1. The third-order valence-electron chi connectivity index (χ3n) is 2.07. The average Bonchev–Trinajstić information content (AvgIpc) is 2.65. The smallest absolute Gasteiger partial charge is 0.113 e. The second-order valence-corrected chi connectivity index (χ2v) is 3.10. The third kappa shape index (κ3) is 1.59. The Morgan fingerprint density at radius 1 is 1.21 bits per heavy atom. The molecule has 0 aliphatic rings. The summed E-state index contributed by atoms with van der Waals surface area (Å²) in [7, 11) is 3.76. The SMILES string of the molecule is CNc1ccc(-c2cn(C)nn2)cc1. The number of aromatic nitrogens is 3. The van der Waals surface area contributed by atoms with E-state index >= 15 is 0 Å². The van der Waals surface area contributed by atoms with E-state index < -0.39 is 0 Å². The molecule has 0 saturated carbocycles. The zero-order chi connectivity index (χ0) is 9.97. The monoisotopic (exact) mass is 188 g/mol. The Morgan fingerprint density at radius 2 is 1.93 bits per heavy atom. The summed E-state index contributed by atoms with van der Waals surface area (Å²) in [4.78, 5) is 0. The van der Waals surface area contributed by atoms with E-state index in [1.54, 1.807) is 4.68 Å². The van der Waals surface area contributed by atoms with Crippen LogP contribution in [0, 0.1) is 0 Å². The Morgan fingerprint density at radius 3 is 2.43 bits per heavy atom. The van der Waals surface area contributed by atoms with E-state index in [1.165, 1.54) is 0 Å². The molecule has 1 aromatic carbocycles. The highest BCUT2D eigenvalue weighted by Gasteiger charge is 2.00. The summed E-state index contributed by atoms with van der Waals surface area (Å²) in [6, 6.07) is 8.08. The van der Waals surface area contributed by atoms with Crippen molar-refractivity contribution >= 4 is 5.69 Å². The van der Waals surface area contributed by atoms with E-state index in [0.29, 0.717) is 0 Å². The van der Waals surface area contributed by atoms with Gasteiger partial charge in [-0.15, -0.1) is 5.10 Å². The molecule has 4 nitrogen and oxygen atoms in total. The van der Waals surface area contributed by atoms with Crippen molar-refractivity contribution in [2.75, 3.05) is 12.4 Å². The lowest BCUT2D eigenvalue weighted by Gasteiger charge is -1.99. The molecule has 0 amide bonds. The molecule has 0 aliphatic heterocycles. The van der Waals surface area contributed by atoms with Crippen LogP contribution in [0.4, 0.5) is 5.69 Å². The van der Waals surface area contributed by atoms with Crippen molar-refractivity contribution in [3.63, 3.8) is 0 Å². The quantitative estimate of drug-likeness (QED) is 0.777. The first-order chi connectivity index (χ1) is 6.79. The first kappa shape index (κ1) is 8.74.